The summed E-state index contributed by atoms with van der Waals surface area (Å²) in [6.45, 7) is 12.3. The van der Waals surface area contributed by atoms with Crippen LogP contribution in [0.3, 0.4) is 0 Å². The Bertz CT molecular complexity index is 249. The Morgan fingerprint density at radius 2 is 0.958 bits per heavy atom. The molecule has 0 atom stereocenters. The minimum Gasteiger partial charge on any atom is -0.391 e. The van der Waals surface area contributed by atoms with Crippen LogP contribution < -0.4 is 0 Å². The van der Waals surface area contributed by atoms with E-state index in [9.17, 15) is 0 Å². The van der Waals surface area contributed by atoms with Crippen LogP contribution in [0, 0.1) is 0 Å². The van der Waals surface area contributed by atoms with Crippen molar-refractivity contribution in [3.63, 3.8) is 0 Å². The van der Waals surface area contributed by atoms with E-state index in [4.69, 9.17) is 8.85 Å². The highest BCUT2D eigenvalue weighted by atomic mass is 28.4. The lowest BCUT2D eigenvalue weighted by molar-refractivity contribution is 0.177. The predicted octanol–water partition coefficient (Wildman–Crippen LogP) is 7.32. The van der Waals surface area contributed by atoms with E-state index in [1.54, 1.807) is 0 Å². The molecule has 144 valence electrons. The van der Waals surface area contributed by atoms with Crippen LogP contribution in [0.15, 0.2) is 12.3 Å². The van der Waals surface area contributed by atoms with Gasteiger partial charge in [0.05, 0.1) is 0 Å². The van der Waals surface area contributed by atoms with E-state index in [0.29, 0.717) is 0 Å². The second-order valence-electron chi connectivity index (χ2n) is 7.16. The Kier molecular flexibility index (Phi) is 17.6. The van der Waals surface area contributed by atoms with Crippen molar-refractivity contribution in [2.24, 2.45) is 0 Å². The lowest BCUT2D eigenvalue weighted by Gasteiger charge is -2.23. The van der Waals surface area contributed by atoms with Gasteiger partial charge in [0.25, 0.3) is 0 Å². The Hall–Kier alpha value is -0.123. The van der Waals surface area contributed by atoms with E-state index in [0.717, 1.165) is 26.1 Å². The molecular formula is C21H44O2Si. The van der Waals surface area contributed by atoms with Crippen LogP contribution in [-0.4, -0.2) is 21.8 Å². The fourth-order valence-corrected chi connectivity index (χ4v) is 4.25. The van der Waals surface area contributed by atoms with Crippen LogP contribution in [0.2, 0.25) is 6.55 Å². The topological polar surface area (TPSA) is 18.5 Å². The van der Waals surface area contributed by atoms with Gasteiger partial charge in [0.15, 0.2) is 0 Å². The van der Waals surface area contributed by atoms with Gasteiger partial charge in [-0.2, -0.15) is 0 Å². The molecule has 0 aromatic heterocycles. The number of rotatable bonds is 19. The van der Waals surface area contributed by atoms with Crippen LogP contribution in [0.4, 0.5) is 0 Å². The Morgan fingerprint density at radius 1 is 0.625 bits per heavy atom. The summed E-state index contributed by atoms with van der Waals surface area (Å²) in [5.74, 6) is 0. The minimum atomic E-state index is -2.12. The van der Waals surface area contributed by atoms with Crippen LogP contribution in [0.25, 0.3) is 0 Å². The molecule has 0 radical (unpaired) electrons. The normalized spacial score (nSPS) is 11.8. The Labute approximate surface area is 153 Å². The smallest absolute Gasteiger partial charge is 0.361 e. The van der Waals surface area contributed by atoms with Gasteiger partial charge in [-0.25, -0.2) is 0 Å². The van der Waals surface area contributed by atoms with Crippen LogP contribution in [0.1, 0.15) is 104 Å². The fraction of sp³-hybridized carbons (Fsp3) is 0.905. The molecule has 0 spiro atoms. The first-order valence-corrected chi connectivity index (χ1v) is 13.0. The molecule has 0 saturated heterocycles. The first-order valence-electron chi connectivity index (χ1n) is 10.6. The van der Waals surface area contributed by atoms with Crippen molar-refractivity contribution in [2.75, 3.05) is 13.2 Å². The predicted molar refractivity (Wildman–Crippen MR) is 110 cm³/mol. The van der Waals surface area contributed by atoms with Gasteiger partial charge in [-0.1, -0.05) is 90.9 Å². The molecular weight excluding hydrogens is 312 g/mol. The zero-order chi connectivity index (χ0) is 17.9. The van der Waals surface area contributed by atoms with Crippen LogP contribution in [-0.2, 0) is 8.85 Å². The number of hydrogen-bond acceptors (Lipinski definition) is 2. The highest BCUT2D eigenvalue weighted by Gasteiger charge is 2.26. The van der Waals surface area contributed by atoms with Gasteiger partial charge in [-0.05, 0) is 25.1 Å². The summed E-state index contributed by atoms with van der Waals surface area (Å²) < 4.78 is 12.1. The monoisotopic (exact) mass is 356 g/mol. The van der Waals surface area contributed by atoms with E-state index in [-0.39, 0.29) is 0 Å². The molecule has 0 amide bonds. The molecule has 0 unspecified atom stereocenters. The lowest BCUT2D eigenvalue weighted by Crippen LogP contribution is -2.37. The highest BCUT2D eigenvalue weighted by molar-refractivity contribution is 6.71. The summed E-state index contributed by atoms with van der Waals surface area (Å²) >= 11 is 0. The summed E-state index contributed by atoms with van der Waals surface area (Å²) in [7, 11) is -2.12. The SMILES string of the molecule is C=C[Si](C)(OCCCCCCCCC)OCCCCCCCCC. The van der Waals surface area contributed by atoms with Gasteiger partial charge in [0.2, 0.25) is 0 Å². The van der Waals surface area contributed by atoms with E-state index in [1.807, 2.05) is 5.70 Å². The van der Waals surface area contributed by atoms with E-state index < -0.39 is 8.56 Å². The summed E-state index contributed by atoms with van der Waals surface area (Å²) in [4.78, 5) is 0. The maximum atomic E-state index is 6.06. The van der Waals surface area contributed by atoms with Crippen LogP contribution >= 0.6 is 0 Å². The van der Waals surface area contributed by atoms with Crippen molar-refractivity contribution in [1.29, 1.82) is 0 Å². The van der Waals surface area contributed by atoms with Gasteiger partial charge >= 0.3 is 8.56 Å². The lowest BCUT2D eigenvalue weighted by atomic mass is 10.1. The molecule has 24 heavy (non-hydrogen) atoms. The first kappa shape index (κ1) is 23.9. The van der Waals surface area contributed by atoms with Crippen molar-refractivity contribution in [3.8, 4) is 0 Å². The van der Waals surface area contributed by atoms with Gasteiger partial charge in [0, 0.05) is 13.2 Å². The minimum absolute atomic E-state index is 0.833. The third kappa shape index (κ3) is 15.4. The molecule has 0 heterocycles. The molecule has 0 aliphatic carbocycles. The summed E-state index contributed by atoms with van der Waals surface area (Å²) in [6.07, 6.45) is 18.5. The van der Waals surface area contributed by atoms with Crippen molar-refractivity contribution in [3.05, 3.63) is 12.3 Å². The van der Waals surface area contributed by atoms with E-state index in [1.165, 1.54) is 77.0 Å². The maximum Gasteiger partial charge on any atom is 0.361 e. The zero-order valence-corrected chi connectivity index (χ0v) is 17.9. The standard InChI is InChI=1S/C21H44O2Si/c1-5-8-10-12-14-16-18-20-22-24(4,7-3)23-21-19-17-15-13-11-9-6-2/h7H,3,5-6,8-21H2,1-2,4H3. The average molecular weight is 357 g/mol. The molecule has 0 bridgehead atoms. The van der Waals surface area contributed by atoms with E-state index >= 15 is 0 Å². The molecule has 0 aromatic rings. The number of unbranched alkanes of at least 4 members (excludes halogenated alkanes) is 12. The highest BCUT2D eigenvalue weighted by Crippen LogP contribution is 2.13. The molecule has 2 nitrogen and oxygen atoms in total. The Morgan fingerprint density at radius 3 is 1.29 bits per heavy atom. The zero-order valence-electron chi connectivity index (χ0n) is 16.9. The molecule has 0 aromatic carbocycles. The molecule has 0 fully saturated rings. The summed E-state index contributed by atoms with van der Waals surface area (Å²) in [5.41, 5.74) is 1.94. The fourth-order valence-electron chi connectivity index (χ4n) is 2.83. The quantitative estimate of drug-likeness (QED) is 0.178. The average Bonchev–Trinajstić information content (AvgIpc) is 2.59. The van der Waals surface area contributed by atoms with Crippen molar-refractivity contribution >= 4 is 8.56 Å². The molecule has 0 N–H and O–H groups in total. The summed E-state index contributed by atoms with van der Waals surface area (Å²) in [5, 5.41) is 0. The third-order valence-corrected chi connectivity index (χ3v) is 6.94. The largest absolute Gasteiger partial charge is 0.391 e. The van der Waals surface area contributed by atoms with E-state index in [2.05, 4.69) is 27.0 Å². The van der Waals surface area contributed by atoms with Crippen molar-refractivity contribution < 1.29 is 8.85 Å². The van der Waals surface area contributed by atoms with Crippen molar-refractivity contribution in [2.45, 2.75) is 110 Å². The van der Waals surface area contributed by atoms with Crippen LogP contribution in [0.5, 0.6) is 0 Å². The molecule has 0 rings (SSSR count). The maximum absolute atomic E-state index is 6.06. The molecule has 0 aliphatic rings. The Balaban J connectivity index is 3.53. The number of hydrogen-bond donors (Lipinski definition) is 0. The van der Waals surface area contributed by atoms with Gasteiger partial charge in [-0.15, -0.1) is 6.58 Å². The van der Waals surface area contributed by atoms with Gasteiger partial charge in [0.1, 0.15) is 0 Å². The second-order valence-corrected chi connectivity index (χ2v) is 10.2. The summed E-state index contributed by atoms with van der Waals surface area (Å²) in [6, 6.07) is 0. The van der Waals surface area contributed by atoms with Gasteiger partial charge < -0.3 is 8.85 Å². The second kappa shape index (κ2) is 17.7. The molecule has 0 saturated carbocycles. The molecule has 3 heteroatoms. The van der Waals surface area contributed by atoms with Gasteiger partial charge in [-0.3, -0.25) is 0 Å². The third-order valence-electron chi connectivity index (χ3n) is 4.64. The first-order chi connectivity index (χ1) is 11.7. The van der Waals surface area contributed by atoms with Crippen molar-refractivity contribution in [1.82, 2.24) is 0 Å². The molecule has 0 aliphatic heterocycles.